The maximum atomic E-state index is 14.0. The summed E-state index contributed by atoms with van der Waals surface area (Å²) in [6.07, 6.45) is 5.60. The molecule has 1 heterocycles. The van der Waals surface area contributed by atoms with Gasteiger partial charge in [-0.1, -0.05) is 42.0 Å². The van der Waals surface area contributed by atoms with Crippen molar-refractivity contribution in [3.8, 4) is 5.75 Å². The summed E-state index contributed by atoms with van der Waals surface area (Å²) < 4.78 is 0. The number of rotatable bonds is 5. The minimum absolute atomic E-state index is 0.00122. The lowest BCUT2D eigenvalue weighted by Gasteiger charge is -2.42. The molecule has 0 radical (unpaired) electrons. The summed E-state index contributed by atoms with van der Waals surface area (Å²) in [6, 6.07) is 11.0. The highest BCUT2D eigenvalue weighted by atomic mass is 16.4. The van der Waals surface area contributed by atoms with Crippen molar-refractivity contribution in [2.24, 2.45) is 17.8 Å². The summed E-state index contributed by atoms with van der Waals surface area (Å²) in [5, 5.41) is 20.8. The number of carboxylic acids is 1. The lowest BCUT2D eigenvalue weighted by Crippen LogP contribution is -2.39. The number of aromatic carboxylic acids is 1. The van der Waals surface area contributed by atoms with Crippen LogP contribution in [0.4, 0.5) is 5.69 Å². The van der Waals surface area contributed by atoms with Crippen LogP contribution in [0.1, 0.15) is 47.2 Å². The van der Waals surface area contributed by atoms with Gasteiger partial charge in [0, 0.05) is 28.2 Å². The lowest BCUT2D eigenvalue weighted by atomic mass is 9.59. The van der Waals surface area contributed by atoms with Gasteiger partial charge in [0.1, 0.15) is 5.75 Å². The molecule has 206 valence electrons. The summed E-state index contributed by atoms with van der Waals surface area (Å²) >= 11 is 0. The first kappa shape index (κ1) is 26.4. The van der Waals surface area contributed by atoms with Crippen LogP contribution in [0.5, 0.6) is 5.75 Å². The lowest BCUT2D eigenvalue weighted by molar-refractivity contribution is -0.123. The molecular weight excluding hydrogens is 522 g/mol. The highest BCUT2D eigenvalue weighted by Gasteiger charge is 2.56. The molecule has 2 amide bonds. The monoisotopic (exact) mass is 549 g/mol. The van der Waals surface area contributed by atoms with E-state index < -0.39 is 41.5 Å². The molecule has 1 aliphatic heterocycles. The van der Waals surface area contributed by atoms with Crippen molar-refractivity contribution in [3.63, 3.8) is 0 Å². The second-order valence-corrected chi connectivity index (χ2v) is 10.9. The van der Waals surface area contributed by atoms with Crippen LogP contribution in [0.15, 0.2) is 89.6 Å². The van der Waals surface area contributed by atoms with Crippen LogP contribution in [-0.4, -0.2) is 39.6 Å². The zero-order valence-electron chi connectivity index (χ0n) is 22.3. The normalized spacial score (nSPS) is 25.3. The molecule has 2 aromatic carbocycles. The van der Waals surface area contributed by atoms with Crippen molar-refractivity contribution < 1.29 is 34.2 Å². The fraction of sp³-hybridized carbons (Fsp3) is 0.242. The number of carboxylic acid groups (broad SMARTS) is 1. The molecule has 2 N–H and O–H groups in total. The zero-order valence-corrected chi connectivity index (χ0v) is 22.3. The summed E-state index contributed by atoms with van der Waals surface area (Å²) in [4.78, 5) is 67.1. The van der Waals surface area contributed by atoms with Crippen molar-refractivity contribution in [2.75, 3.05) is 4.90 Å². The molecule has 8 nitrogen and oxygen atoms in total. The zero-order chi connectivity index (χ0) is 29.2. The van der Waals surface area contributed by atoms with Crippen LogP contribution in [0, 0.1) is 17.8 Å². The van der Waals surface area contributed by atoms with E-state index in [2.05, 4.69) is 6.58 Å². The van der Waals surface area contributed by atoms with Gasteiger partial charge in [-0.05, 0) is 61.9 Å². The molecule has 0 spiro atoms. The number of fused-ring (bicyclic) bond motifs is 3. The third-order valence-corrected chi connectivity index (χ3v) is 8.74. The topological polar surface area (TPSA) is 129 Å². The number of nitrogens with zero attached hydrogens (tertiary/aromatic N) is 1. The Morgan fingerprint density at radius 1 is 1.07 bits per heavy atom. The van der Waals surface area contributed by atoms with Crippen LogP contribution in [-0.2, 0) is 25.6 Å². The fourth-order valence-corrected chi connectivity index (χ4v) is 6.91. The average Bonchev–Trinajstić information content (AvgIpc) is 3.21. The van der Waals surface area contributed by atoms with Crippen molar-refractivity contribution in [1.29, 1.82) is 0 Å². The van der Waals surface area contributed by atoms with Crippen molar-refractivity contribution in [2.45, 2.75) is 32.1 Å². The number of anilines is 1. The Labute approximate surface area is 236 Å². The molecule has 0 bridgehead atoms. The number of ketones is 2. The Hall–Kier alpha value is -4.85. The maximum Gasteiger partial charge on any atom is 0.335 e. The molecule has 4 atom stereocenters. The molecule has 6 rings (SSSR count). The fourth-order valence-electron chi connectivity index (χ4n) is 6.91. The van der Waals surface area contributed by atoms with E-state index in [0.717, 1.165) is 10.5 Å². The summed E-state index contributed by atoms with van der Waals surface area (Å²) in [7, 11) is 0. The van der Waals surface area contributed by atoms with Gasteiger partial charge in [0.15, 0.2) is 11.6 Å². The van der Waals surface area contributed by atoms with E-state index in [1.165, 1.54) is 30.3 Å². The first-order valence-corrected chi connectivity index (χ1v) is 13.5. The van der Waals surface area contributed by atoms with E-state index in [1.54, 1.807) is 31.2 Å². The van der Waals surface area contributed by atoms with Crippen molar-refractivity contribution >= 4 is 35.0 Å². The molecule has 1 saturated heterocycles. The summed E-state index contributed by atoms with van der Waals surface area (Å²) in [5.74, 6) is -5.48. The molecule has 0 saturated carbocycles. The number of Topliss-reactive ketones (excluding diaryl/α,β-unsaturated/α-hetero) is 1. The van der Waals surface area contributed by atoms with Crippen LogP contribution < -0.4 is 4.90 Å². The number of amides is 2. The number of phenolic OH excluding ortho intramolecular Hbond substituents is 1. The number of aromatic hydroxyl groups is 1. The minimum Gasteiger partial charge on any atom is -0.507 e. The molecule has 2 aromatic rings. The van der Waals surface area contributed by atoms with Crippen molar-refractivity contribution in [1.82, 2.24) is 0 Å². The molecule has 4 aliphatic rings. The molecule has 0 aromatic heterocycles. The predicted molar refractivity (Wildman–Crippen MR) is 149 cm³/mol. The Morgan fingerprint density at radius 3 is 2.56 bits per heavy atom. The van der Waals surface area contributed by atoms with Crippen LogP contribution >= 0.6 is 0 Å². The van der Waals surface area contributed by atoms with Crippen LogP contribution in [0.25, 0.3) is 0 Å². The molecule has 3 aliphatic carbocycles. The van der Waals surface area contributed by atoms with E-state index in [-0.39, 0.29) is 41.4 Å². The number of carbonyl (C=O) groups is 5. The first-order chi connectivity index (χ1) is 19.6. The van der Waals surface area contributed by atoms with E-state index in [4.69, 9.17) is 0 Å². The van der Waals surface area contributed by atoms with Crippen LogP contribution in [0.2, 0.25) is 0 Å². The van der Waals surface area contributed by atoms with Gasteiger partial charge >= 0.3 is 5.97 Å². The second kappa shape index (κ2) is 9.66. The van der Waals surface area contributed by atoms with Gasteiger partial charge in [-0.2, -0.15) is 0 Å². The number of allylic oxidation sites excluding steroid dienone is 7. The molecule has 41 heavy (non-hydrogen) atoms. The third kappa shape index (κ3) is 3.93. The number of benzene rings is 2. The smallest absolute Gasteiger partial charge is 0.335 e. The Kier molecular flexibility index (Phi) is 6.21. The Bertz CT molecular complexity index is 1690. The third-order valence-electron chi connectivity index (χ3n) is 8.74. The van der Waals surface area contributed by atoms with Gasteiger partial charge in [-0.15, -0.1) is 6.58 Å². The maximum absolute atomic E-state index is 14.0. The van der Waals surface area contributed by atoms with Gasteiger partial charge in [0.05, 0.1) is 23.1 Å². The van der Waals surface area contributed by atoms with Gasteiger partial charge in [-0.3, -0.25) is 24.1 Å². The van der Waals surface area contributed by atoms with E-state index >= 15 is 0 Å². The highest BCUT2D eigenvalue weighted by Crippen LogP contribution is 2.56. The Balaban J connectivity index is 1.49. The van der Waals surface area contributed by atoms with E-state index in [1.807, 2.05) is 6.08 Å². The van der Waals surface area contributed by atoms with Gasteiger partial charge in [-0.25, -0.2) is 4.79 Å². The largest absolute Gasteiger partial charge is 0.507 e. The van der Waals surface area contributed by atoms with Gasteiger partial charge in [0.2, 0.25) is 11.8 Å². The van der Waals surface area contributed by atoms with E-state index in [0.29, 0.717) is 34.3 Å². The number of carbonyl (C=O) groups excluding carboxylic acids is 4. The molecule has 1 fully saturated rings. The quantitative estimate of drug-likeness (QED) is 0.320. The number of hydrogen-bond donors (Lipinski definition) is 2. The van der Waals surface area contributed by atoms with Gasteiger partial charge in [0.25, 0.3) is 0 Å². The standard InChI is InChI=1S/C33H27NO7/c1-3-6-17-7-5-10-21(30(17)37)26-20-11-12-22-27(23(20)15-24-25(35)13-16(2)29(36)28(24)26)32(39)34(31(22)38)19-9-4-8-18(14-19)33(40)41/h3-5,7-11,13-14,22-23,26-27,37H,1,6,12,15H2,2H3,(H,40,41). The molecule has 4 unspecified atom stereocenters. The summed E-state index contributed by atoms with van der Waals surface area (Å²) in [5.41, 5.74) is 2.87. The molecule has 8 heteroatoms. The number of imide groups is 1. The van der Waals surface area contributed by atoms with Gasteiger partial charge < -0.3 is 10.2 Å². The minimum atomic E-state index is -1.18. The van der Waals surface area contributed by atoms with E-state index in [9.17, 15) is 34.2 Å². The SMILES string of the molecule is C=CCc1cccc(C2C3=CCC4C(=O)N(c5cccc(C(=O)O)c5)C(=O)C4C3CC3=C2C(=O)C(C)=CC3=O)c1O. The Morgan fingerprint density at radius 2 is 1.83 bits per heavy atom. The van der Waals surface area contributed by atoms with Crippen LogP contribution in [0.3, 0.4) is 0 Å². The number of hydrogen-bond acceptors (Lipinski definition) is 6. The molecular formula is C33H27NO7. The average molecular weight is 550 g/mol. The second-order valence-electron chi connectivity index (χ2n) is 10.9. The van der Waals surface area contributed by atoms with Crippen molar-refractivity contribution in [3.05, 3.63) is 106 Å². The number of para-hydroxylation sites is 1. The predicted octanol–water partition coefficient (Wildman–Crippen LogP) is 4.45. The number of phenols is 1. The first-order valence-electron chi connectivity index (χ1n) is 13.5. The summed E-state index contributed by atoms with van der Waals surface area (Å²) in [6.45, 7) is 5.35. The highest BCUT2D eigenvalue weighted by molar-refractivity contribution is 6.25.